The van der Waals surface area contributed by atoms with Crippen LogP contribution in [0.15, 0.2) is 23.1 Å². The molecular weight excluding hydrogens is 200 g/mol. The Labute approximate surface area is 84.0 Å². The smallest absolute Gasteiger partial charge is 0.238 e. The van der Waals surface area contributed by atoms with Gasteiger partial charge in [-0.15, -0.1) is 0 Å². The number of sulfonamides is 1. The number of hydrogen-bond donors (Lipinski definition) is 2. The zero-order valence-electron chi connectivity index (χ0n) is 8.19. The second-order valence-electron chi connectivity index (χ2n) is 3.46. The van der Waals surface area contributed by atoms with Crippen molar-refractivity contribution in [1.82, 2.24) is 0 Å². The number of nitrogen functional groups attached to an aromatic ring is 1. The number of rotatable bonds is 2. The van der Waals surface area contributed by atoms with E-state index in [1.165, 1.54) is 6.07 Å². The average Bonchev–Trinajstić information content (AvgIpc) is 2.01. The Morgan fingerprint density at radius 2 is 1.86 bits per heavy atom. The minimum atomic E-state index is -3.68. The summed E-state index contributed by atoms with van der Waals surface area (Å²) in [6.07, 6.45) is 0. The average molecular weight is 214 g/mol. The van der Waals surface area contributed by atoms with E-state index in [0.717, 1.165) is 0 Å². The molecule has 0 aliphatic carbocycles. The molecule has 0 aliphatic rings. The SMILES string of the molecule is CC(C)c1c(N)cccc1S(N)(=O)=O. The van der Waals surface area contributed by atoms with E-state index in [4.69, 9.17) is 10.9 Å². The largest absolute Gasteiger partial charge is 0.398 e. The first-order chi connectivity index (χ1) is 6.34. The van der Waals surface area contributed by atoms with Gasteiger partial charge in [0.05, 0.1) is 4.90 Å². The van der Waals surface area contributed by atoms with Crippen molar-refractivity contribution in [3.8, 4) is 0 Å². The van der Waals surface area contributed by atoms with Crippen LogP contribution in [0.5, 0.6) is 0 Å². The molecular formula is C9H14N2O2S. The summed E-state index contributed by atoms with van der Waals surface area (Å²) >= 11 is 0. The summed E-state index contributed by atoms with van der Waals surface area (Å²) in [6.45, 7) is 3.75. The molecule has 0 heterocycles. The number of anilines is 1. The molecule has 4 nitrogen and oxygen atoms in total. The third-order valence-electron chi connectivity index (χ3n) is 1.98. The molecule has 0 radical (unpaired) electrons. The molecule has 14 heavy (non-hydrogen) atoms. The fourth-order valence-corrected chi connectivity index (χ4v) is 2.36. The monoisotopic (exact) mass is 214 g/mol. The van der Waals surface area contributed by atoms with Gasteiger partial charge in [-0.3, -0.25) is 0 Å². The van der Waals surface area contributed by atoms with Crippen LogP contribution >= 0.6 is 0 Å². The summed E-state index contributed by atoms with van der Waals surface area (Å²) < 4.78 is 22.5. The van der Waals surface area contributed by atoms with Crippen LogP contribution in [0.3, 0.4) is 0 Å². The third-order valence-corrected chi connectivity index (χ3v) is 2.95. The van der Waals surface area contributed by atoms with Gasteiger partial charge in [-0.25, -0.2) is 13.6 Å². The van der Waals surface area contributed by atoms with E-state index < -0.39 is 10.0 Å². The molecule has 0 amide bonds. The standard InChI is InChI=1S/C9H14N2O2S/c1-6(2)9-7(10)4-3-5-8(9)14(11,12)13/h3-6H,10H2,1-2H3,(H2,11,12,13). The van der Waals surface area contributed by atoms with E-state index in [1.807, 2.05) is 13.8 Å². The van der Waals surface area contributed by atoms with Crippen molar-refractivity contribution in [2.75, 3.05) is 5.73 Å². The molecule has 0 aromatic heterocycles. The molecule has 0 atom stereocenters. The van der Waals surface area contributed by atoms with Gasteiger partial charge < -0.3 is 5.73 Å². The van der Waals surface area contributed by atoms with E-state index in [1.54, 1.807) is 12.1 Å². The van der Waals surface area contributed by atoms with Gasteiger partial charge in [-0.2, -0.15) is 0 Å². The molecule has 1 aromatic carbocycles. The molecule has 0 aliphatic heterocycles. The molecule has 1 aromatic rings. The van der Waals surface area contributed by atoms with Crippen LogP contribution in [0.1, 0.15) is 25.3 Å². The lowest BCUT2D eigenvalue weighted by molar-refractivity contribution is 0.595. The summed E-state index contributed by atoms with van der Waals surface area (Å²) in [5.74, 6) is 0.0320. The highest BCUT2D eigenvalue weighted by Gasteiger charge is 2.17. The lowest BCUT2D eigenvalue weighted by atomic mass is 10.0. The number of nitrogens with two attached hydrogens (primary N) is 2. The summed E-state index contributed by atoms with van der Waals surface area (Å²) in [4.78, 5) is 0.118. The summed E-state index contributed by atoms with van der Waals surface area (Å²) in [6, 6.07) is 4.73. The van der Waals surface area contributed by atoms with Crippen LogP contribution in [0.4, 0.5) is 5.69 Å². The molecule has 0 spiro atoms. The fourth-order valence-electron chi connectivity index (χ4n) is 1.43. The molecule has 0 fully saturated rings. The normalized spacial score (nSPS) is 12.0. The maximum atomic E-state index is 11.2. The molecule has 5 heteroatoms. The summed E-state index contributed by atoms with van der Waals surface area (Å²) in [5.41, 5.74) is 6.76. The van der Waals surface area contributed by atoms with Crippen molar-refractivity contribution in [2.45, 2.75) is 24.7 Å². The van der Waals surface area contributed by atoms with Gasteiger partial charge in [0.1, 0.15) is 0 Å². The summed E-state index contributed by atoms with van der Waals surface area (Å²) in [5, 5.41) is 5.08. The van der Waals surface area contributed by atoms with Crippen LogP contribution in [0, 0.1) is 0 Å². The zero-order valence-corrected chi connectivity index (χ0v) is 9.01. The van der Waals surface area contributed by atoms with Crippen LogP contribution in [-0.4, -0.2) is 8.42 Å². The van der Waals surface area contributed by atoms with Gasteiger partial charge in [0.25, 0.3) is 0 Å². The van der Waals surface area contributed by atoms with Gasteiger partial charge in [0, 0.05) is 5.69 Å². The Hall–Kier alpha value is -1.07. The predicted molar refractivity (Wildman–Crippen MR) is 56.3 cm³/mol. The first-order valence-corrected chi connectivity index (χ1v) is 5.80. The highest BCUT2D eigenvalue weighted by molar-refractivity contribution is 7.89. The van der Waals surface area contributed by atoms with Crippen LogP contribution < -0.4 is 10.9 Å². The Balaban J connectivity index is 3.52. The van der Waals surface area contributed by atoms with Crippen molar-refractivity contribution in [3.05, 3.63) is 23.8 Å². The van der Waals surface area contributed by atoms with E-state index in [0.29, 0.717) is 11.3 Å². The van der Waals surface area contributed by atoms with Crippen LogP contribution in [-0.2, 0) is 10.0 Å². The highest BCUT2D eigenvalue weighted by Crippen LogP contribution is 2.28. The van der Waals surface area contributed by atoms with Crippen molar-refractivity contribution in [1.29, 1.82) is 0 Å². The van der Waals surface area contributed by atoms with Crippen LogP contribution in [0.25, 0.3) is 0 Å². The van der Waals surface area contributed by atoms with E-state index in [-0.39, 0.29) is 10.8 Å². The Kier molecular flexibility index (Phi) is 2.82. The molecule has 4 N–H and O–H groups in total. The minimum absolute atomic E-state index is 0.0320. The first kappa shape index (κ1) is 11.0. The third kappa shape index (κ3) is 2.05. The first-order valence-electron chi connectivity index (χ1n) is 4.25. The number of benzene rings is 1. The Morgan fingerprint density at radius 3 is 2.21 bits per heavy atom. The zero-order chi connectivity index (χ0) is 10.9. The minimum Gasteiger partial charge on any atom is -0.398 e. The number of hydrogen-bond acceptors (Lipinski definition) is 3. The topological polar surface area (TPSA) is 86.2 Å². The van der Waals surface area contributed by atoms with Crippen molar-refractivity contribution in [2.24, 2.45) is 5.14 Å². The second kappa shape index (κ2) is 3.59. The van der Waals surface area contributed by atoms with Crippen LogP contribution in [0.2, 0.25) is 0 Å². The van der Waals surface area contributed by atoms with E-state index in [9.17, 15) is 8.42 Å². The van der Waals surface area contributed by atoms with Gasteiger partial charge in [0.15, 0.2) is 0 Å². The molecule has 0 bridgehead atoms. The van der Waals surface area contributed by atoms with Crippen molar-refractivity contribution in [3.63, 3.8) is 0 Å². The summed E-state index contributed by atoms with van der Waals surface area (Å²) in [7, 11) is -3.68. The maximum absolute atomic E-state index is 11.2. The highest BCUT2D eigenvalue weighted by atomic mass is 32.2. The second-order valence-corrected chi connectivity index (χ2v) is 4.99. The molecule has 0 saturated carbocycles. The van der Waals surface area contributed by atoms with E-state index in [2.05, 4.69) is 0 Å². The number of primary sulfonamides is 1. The Bertz CT molecular complexity index is 438. The molecule has 78 valence electrons. The molecule has 0 unspecified atom stereocenters. The quantitative estimate of drug-likeness (QED) is 0.721. The van der Waals surface area contributed by atoms with Crippen molar-refractivity contribution >= 4 is 15.7 Å². The fraction of sp³-hybridized carbons (Fsp3) is 0.333. The lowest BCUT2D eigenvalue weighted by Gasteiger charge is -2.13. The molecule has 0 saturated heterocycles. The van der Waals surface area contributed by atoms with Gasteiger partial charge in [0.2, 0.25) is 10.0 Å². The lowest BCUT2D eigenvalue weighted by Crippen LogP contribution is -2.16. The maximum Gasteiger partial charge on any atom is 0.238 e. The predicted octanol–water partition coefficient (Wildman–Crippen LogP) is 1.04. The van der Waals surface area contributed by atoms with Gasteiger partial charge >= 0.3 is 0 Å². The van der Waals surface area contributed by atoms with Gasteiger partial charge in [-0.1, -0.05) is 19.9 Å². The van der Waals surface area contributed by atoms with Crippen molar-refractivity contribution < 1.29 is 8.42 Å². The Morgan fingerprint density at radius 1 is 1.29 bits per heavy atom. The molecule has 1 rings (SSSR count). The van der Waals surface area contributed by atoms with Gasteiger partial charge in [-0.05, 0) is 23.6 Å². The van der Waals surface area contributed by atoms with E-state index >= 15 is 0 Å².